The lowest BCUT2D eigenvalue weighted by Gasteiger charge is -1.95. The summed E-state index contributed by atoms with van der Waals surface area (Å²) in [6.45, 7) is 0. The Labute approximate surface area is 85.7 Å². The van der Waals surface area contributed by atoms with Crippen molar-refractivity contribution >= 4 is 44.2 Å². The number of thiazole rings is 1. The molecule has 0 amide bonds. The largest absolute Gasteiger partial charge is 0.767 e. The fraction of sp³-hybridized carbons (Fsp3) is 0. The highest BCUT2D eigenvalue weighted by Gasteiger charge is 2.06. The number of fused-ring (bicyclic) bond motifs is 1. The molecular formula is C7H3ClNO2S2-. The van der Waals surface area contributed by atoms with E-state index in [1.165, 1.54) is 0 Å². The Morgan fingerprint density at radius 1 is 1.54 bits per heavy atom. The molecule has 1 heterocycles. The maximum Gasteiger partial charge on any atom is 0.168 e. The van der Waals surface area contributed by atoms with Crippen LogP contribution in [0.5, 0.6) is 0 Å². The van der Waals surface area contributed by atoms with Crippen molar-refractivity contribution in [3.8, 4) is 0 Å². The molecule has 0 N–H and O–H groups in total. The molecule has 0 aliphatic carbocycles. The number of nitrogens with zero attached hydrogens (tertiary/aromatic N) is 1. The molecule has 1 unspecified atom stereocenters. The van der Waals surface area contributed by atoms with Crippen LogP contribution in [0.25, 0.3) is 10.2 Å². The molecule has 2 rings (SSSR count). The van der Waals surface area contributed by atoms with E-state index >= 15 is 0 Å². The molecule has 3 nitrogen and oxygen atoms in total. The van der Waals surface area contributed by atoms with Gasteiger partial charge >= 0.3 is 0 Å². The minimum atomic E-state index is -2.27. The lowest BCUT2D eigenvalue weighted by atomic mass is 10.3. The van der Waals surface area contributed by atoms with E-state index in [0.29, 0.717) is 10.5 Å². The van der Waals surface area contributed by atoms with Gasteiger partial charge in [-0.1, -0.05) is 17.7 Å². The van der Waals surface area contributed by atoms with Crippen LogP contribution in [-0.4, -0.2) is 13.7 Å². The number of benzene rings is 1. The van der Waals surface area contributed by atoms with E-state index in [1.54, 1.807) is 18.2 Å². The van der Waals surface area contributed by atoms with Gasteiger partial charge in [-0.3, -0.25) is 4.21 Å². The molecule has 1 aromatic heterocycles. The van der Waals surface area contributed by atoms with Gasteiger partial charge in [-0.2, -0.15) is 0 Å². The van der Waals surface area contributed by atoms with Crippen LogP contribution in [0, 0.1) is 0 Å². The maximum atomic E-state index is 10.6. The summed E-state index contributed by atoms with van der Waals surface area (Å²) in [4.78, 5) is 3.89. The van der Waals surface area contributed by atoms with E-state index in [2.05, 4.69) is 4.98 Å². The predicted molar refractivity (Wildman–Crippen MR) is 51.8 cm³/mol. The fourth-order valence-electron chi connectivity index (χ4n) is 0.966. The monoisotopic (exact) mass is 232 g/mol. The van der Waals surface area contributed by atoms with Gasteiger partial charge in [0.25, 0.3) is 0 Å². The summed E-state index contributed by atoms with van der Waals surface area (Å²) >= 11 is 4.66. The fourth-order valence-corrected chi connectivity index (χ4v) is 2.67. The van der Waals surface area contributed by atoms with Crippen LogP contribution in [0.4, 0.5) is 0 Å². The molecule has 0 saturated carbocycles. The van der Waals surface area contributed by atoms with Gasteiger partial charge in [-0.15, -0.1) is 11.3 Å². The molecule has 1 atom stereocenters. The van der Waals surface area contributed by atoms with Gasteiger partial charge in [-0.25, -0.2) is 4.98 Å². The van der Waals surface area contributed by atoms with Gasteiger partial charge < -0.3 is 4.55 Å². The van der Waals surface area contributed by atoms with Gasteiger partial charge in [0, 0.05) is 11.1 Å². The van der Waals surface area contributed by atoms with Gasteiger partial charge in [0.1, 0.15) is 5.52 Å². The third-order valence-electron chi connectivity index (χ3n) is 1.49. The average Bonchev–Trinajstić information content (AvgIpc) is 2.49. The van der Waals surface area contributed by atoms with E-state index < -0.39 is 11.1 Å². The Morgan fingerprint density at radius 2 is 2.31 bits per heavy atom. The highest BCUT2D eigenvalue weighted by Crippen LogP contribution is 2.28. The van der Waals surface area contributed by atoms with Gasteiger partial charge in [0.05, 0.1) is 9.72 Å². The number of rotatable bonds is 1. The molecule has 0 fully saturated rings. The Kier molecular flexibility index (Phi) is 2.33. The van der Waals surface area contributed by atoms with Crippen molar-refractivity contribution in [3.63, 3.8) is 0 Å². The summed E-state index contributed by atoms with van der Waals surface area (Å²) in [5.74, 6) is 0. The third-order valence-corrected chi connectivity index (χ3v) is 3.65. The van der Waals surface area contributed by atoms with Crippen LogP contribution >= 0.6 is 22.9 Å². The van der Waals surface area contributed by atoms with Crippen molar-refractivity contribution in [1.82, 2.24) is 4.98 Å². The van der Waals surface area contributed by atoms with Crippen molar-refractivity contribution in [3.05, 3.63) is 23.2 Å². The van der Waals surface area contributed by atoms with E-state index in [9.17, 15) is 8.76 Å². The summed E-state index contributed by atoms with van der Waals surface area (Å²) in [7, 11) is 0. The average molecular weight is 233 g/mol. The molecule has 0 bridgehead atoms. The minimum absolute atomic E-state index is 0.0723. The molecular weight excluding hydrogens is 230 g/mol. The van der Waals surface area contributed by atoms with Crippen LogP contribution in [0.15, 0.2) is 22.5 Å². The molecule has 68 valence electrons. The van der Waals surface area contributed by atoms with Gasteiger partial charge in [-0.05, 0) is 12.1 Å². The topological polar surface area (TPSA) is 53.0 Å². The molecule has 2 aromatic rings. The highest BCUT2D eigenvalue weighted by molar-refractivity contribution is 7.81. The van der Waals surface area contributed by atoms with E-state index in [1.807, 2.05) is 0 Å². The third kappa shape index (κ3) is 1.60. The number of halogens is 1. The molecule has 0 aliphatic heterocycles. The normalized spacial score (nSPS) is 13.4. The summed E-state index contributed by atoms with van der Waals surface area (Å²) in [6.07, 6.45) is 0. The van der Waals surface area contributed by atoms with Crippen molar-refractivity contribution in [1.29, 1.82) is 0 Å². The number of hydrogen-bond acceptors (Lipinski definition) is 4. The molecule has 0 aliphatic rings. The minimum Gasteiger partial charge on any atom is -0.767 e. The second kappa shape index (κ2) is 3.34. The molecule has 0 saturated heterocycles. The van der Waals surface area contributed by atoms with Crippen molar-refractivity contribution in [2.24, 2.45) is 0 Å². The van der Waals surface area contributed by atoms with Crippen molar-refractivity contribution in [2.75, 3.05) is 0 Å². The van der Waals surface area contributed by atoms with Crippen LogP contribution in [-0.2, 0) is 11.1 Å². The zero-order valence-electron chi connectivity index (χ0n) is 6.19. The Bertz CT molecular complexity index is 482. The summed E-state index contributed by atoms with van der Waals surface area (Å²) < 4.78 is 22.0. The second-order valence-electron chi connectivity index (χ2n) is 2.30. The number of para-hydroxylation sites is 1. The predicted octanol–water partition coefficient (Wildman–Crippen LogP) is 2.19. The zero-order valence-corrected chi connectivity index (χ0v) is 8.58. The molecule has 1 aromatic carbocycles. The smallest absolute Gasteiger partial charge is 0.168 e. The summed E-state index contributed by atoms with van der Waals surface area (Å²) in [5.41, 5.74) is 0.549. The SMILES string of the molecule is O=S([O-])c1nc2c(Cl)cccc2s1. The maximum absolute atomic E-state index is 10.6. The van der Waals surface area contributed by atoms with Gasteiger partial charge in [0.15, 0.2) is 4.34 Å². The first-order chi connectivity index (χ1) is 6.18. The first-order valence-corrected chi connectivity index (χ1v) is 5.60. The van der Waals surface area contributed by atoms with E-state index in [-0.39, 0.29) is 4.34 Å². The molecule has 6 heteroatoms. The van der Waals surface area contributed by atoms with E-state index in [0.717, 1.165) is 16.0 Å². The van der Waals surface area contributed by atoms with Crippen LogP contribution in [0.1, 0.15) is 0 Å². The first kappa shape index (κ1) is 9.08. The lowest BCUT2D eigenvalue weighted by molar-refractivity contribution is 0.536. The Morgan fingerprint density at radius 3 is 2.92 bits per heavy atom. The molecule has 0 spiro atoms. The van der Waals surface area contributed by atoms with Crippen LogP contribution in [0.3, 0.4) is 0 Å². The molecule has 13 heavy (non-hydrogen) atoms. The van der Waals surface area contributed by atoms with Crippen LogP contribution < -0.4 is 0 Å². The van der Waals surface area contributed by atoms with Gasteiger partial charge in [0.2, 0.25) is 0 Å². The lowest BCUT2D eigenvalue weighted by Crippen LogP contribution is -1.85. The second-order valence-corrected chi connectivity index (χ2v) is 4.85. The molecule has 0 radical (unpaired) electrons. The number of aromatic nitrogens is 1. The highest BCUT2D eigenvalue weighted by atomic mass is 35.5. The van der Waals surface area contributed by atoms with Crippen LogP contribution in [0.2, 0.25) is 5.02 Å². The quantitative estimate of drug-likeness (QED) is 0.709. The summed E-state index contributed by atoms with van der Waals surface area (Å²) in [5, 5.41) is 0.477. The van der Waals surface area contributed by atoms with E-state index in [4.69, 9.17) is 11.6 Å². The van der Waals surface area contributed by atoms with Crippen molar-refractivity contribution < 1.29 is 8.76 Å². The summed E-state index contributed by atoms with van der Waals surface area (Å²) in [6, 6.07) is 5.23. The zero-order chi connectivity index (χ0) is 9.42. The Hall–Kier alpha value is -0.490. The van der Waals surface area contributed by atoms with Crippen molar-refractivity contribution in [2.45, 2.75) is 4.34 Å². The standard InChI is InChI=1S/C7H4ClNO2S2/c8-4-2-1-3-5-6(4)9-7(12-5)13(10)11/h1-3H,(H,10,11)/p-1. The first-order valence-electron chi connectivity index (χ1n) is 3.33. The number of hydrogen-bond donors (Lipinski definition) is 0. The Balaban J connectivity index is 2.75.